The highest BCUT2D eigenvalue weighted by molar-refractivity contribution is 5.92. The number of carbonyl (C=O) groups excluding carboxylic acids is 2. The first-order valence-corrected chi connectivity index (χ1v) is 11.5. The first-order chi connectivity index (χ1) is 16.4. The molecule has 11 heteroatoms. The van der Waals surface area contributed by atoms with Gasteiger partial charge in [-0.1, -0.05) is 12.1 Å². The zero-order valence-electron chi connectivity index (χ0n) is 20.7. The molecule has 0 N–H and O–H groups in total. The Kier molecular flexibility index (Phi) is 7.57. The summed E-state index contributed by atoms with van der Waals surface area (Å²) in [7, 11) is 1.65. The van der Waals surface area contributed by atoms with E-state index in [4.69, 9.17) is 4.74 Å². The minimum absolute atomic E-state index is 0.00750. The van der Waals surface area contributed by atoms with Crippen LogP contribution in [-0.2, 0) is 4.74 Å². The quantitative estimate of drug-likeness (QED) is 0.470. The van der Waals surface area contributed by atoms with Crippen LogP contribution in [0.5, 0.6) is 0 Å². The number of likely N-dealkylation sites (tertiary alicyclic amines) is 1. The van der Waals surface area contributed by atoms with Crippen molar-refractivity contribution >= 4 is 17.7 Å². The van der Waals surface area contributed by atoms with Gasteiger partial charge in [-0.2, -0.15) is 5.10 Å². The number of carbonyl (C=O) groups is 2. The van der Waals surface area contributed by atoms with Crippen molar-refractivity contribution in [1.82, 2.24) is 19.6 Å². The number of hydrogen-bond donors (Lipinski definition) is 0. The average molecular weight is 486 g/mol. The second-order valence-electron chi connectivity index (χ2n) is 9.78. The first-order valence-electron chi connectivity index (χ1n) is 11.5. The van der Waals surface area contributed by atoms with E-state index in [0.717, 1.165) is 6.42 Å². The monoisotopic (exact) mass is 485 g/mol. The van der Waals surface area contributed by atoms with E-state index in [9.17, 15) is 24.5 Å². The van der Waals surface area contributed by atoms with Crippen LogP contribution in [0.1, 0.15) is 49.8 Å². The molecule has 2 heterocycles. The number of para-hydroxylation sites is 2. The van der Waals surface area contributed by atoms with Crippen molar-refractivity contribution in [3.8, 4) is 5.69 Å². The van der Waals surface area contributed by atoms with Gasteiger partial charge in [-0.05, 0) is 52.5 Å². The van der Waals surface area contributed by atoms with Crippen LogP contribution < -0.4 is 5.43 Å². The molecule has 11 nitrogen and oxygen atoms in total. The maximum absolute atomic E-state index is 13.3. The highest BCUT2D eigenvalue weighted by atomic mass is 16.6. The maximum atomic E-state index is 13.3. The summed E-state index contributed by atoms with van der Waals surface area (Å²) in [6, 6.07) is 7.27. The van der Waals surface area contributed by atoms with Crippen molar-refractivity contribution in [3.63, 3.8) is 0 Å². The Morgan fingerprint density at radius 3 is 2.63 bits per heavy atom. The maximum Gasteiger partial charge on any atom is 0.410 e. The van der Waals surface area contributed by atoms with Gasteiger partial charge < -0.3 is 14.5 Å². The molecule has 1 saturated heterocycles. The van der Waals surface area contributed by atoms with E-state index >= 15 is 0 Å². The number of hydrogen-bond acceptors (Lipinski definition) is 7. The standard InChI is InChI=1S/C24H31N5O6/c1-16-13-20(30)21(25-28(16)18-10-6-7-11-19(18)29(33)34)22(31)27-12-8-9-17(15-27)14-26(5)23(32)35-24(2,3)4/h6-7,10-11,13,17H,8-9,12,14-15H2,1-5H3. The van der Waals surface area contributed by atoms with Gasteiger partial charge in [0.05, 0.1) is 4.92 Å². The van der Waals surface area contributed by atoms with Gasteiger partial charge in [0.15, 0.2) is 5.69 Å². The molecule has 0 saturated carbocycles. The van der Waals surface area contributed by atoms with Crippen LogP contribution in [0.15, 0.2) is 35.1 Å². The number of piperidine rings is 1. The van der Waals surface area contributed by atoms with Crippen LogP contribution in [-0.4, -0.2) is 68.8 Å². The van der Waals surface area contributed by atoms with Gasteiger partial charge in [-0.3, -0.25) is 19.7 Å². The van der Waals surface area contributed by atoms with E-state index in [0.29, 0.717) is 31.7 Å². The fourth-order valence-electron chi connectivity index (χ4n) is 4.09. The van der Waals surface area contributed by atoms with Gasteiger partial charge in [-0.15, -0.1) is 0 Å². The van der Waals surface area contributed by atoms with E-state index in [2.05, 4.69) is 5.10 Å². The molecule has 35 heavy (non-hydrogen) atoms. The van der Waals surface area contributed by atoms with Crippen molar-refractivity contribution in [2.24, 2.45) is 5.92 Å². The predicted octanol–water partition coefficient (Wildman–Crippen LogP) is 3.17. The largest absolute Gasteiger partial charge is 0.444 e. The minimum Gasteiger partial charge on any atom is -0.444 e. The summed E-state index contributed by atoms with van der Waals surface area (Å²) < 4.78 is 6.65. The minimum atomic E-state index is -0.606. The van der Waals surface area contributed by atoms with Crippen LogP contribution in [0, 0.1) is 23.0 Å². The van der Waals surface area contributed by atoms with Crippen molar-refractivity contribution in [2.75, 3.05) is 26.7 Å². The van der Waals surface area contributed by atoms with Crippen LogP contribution in [0.2, 0.25) is 0 Å². The fourth-order valence-corrected chi connectivity index (χ4v) is 4.09. The van der Waals surface area contributed by atoms with Crippen molar-refractivity contribution < 1.29 is 19.2 Å². The number of nitro benzene ring substituents is 1. The lowest BCUT2D eigenvalue weighted by Crippen LogP contribution is -2.46. The Hall–Kier alpha value is -3.76. The highest BCUT2D eigenvalue weighted by Gasteiger charge is 2.30. The van der Waals surface area contributed by atoms with Crippen molar-refractivity contribution in [3.05, 3.63) is 62.1 Å². The summed E-state index contributed by atoms with van der Waals surface area (Å²) in [5, 5.41) is 15.7. The molecule has 1 aliphatic heterocycles. The SMILES string of the molecule is Cc1cc(=O)c(C(=O)N2CCCC(CN(C)C(=O)OC(C)(C)C)C2)nn1-c1ccccc1[N+](=O)[O-]. The molecule has 0 spiro atoms. The topological polar surface area (TPSA) is 128 Å². The summed E-state index contributed by atoms with van der Waals surface area (Å²) in [6.07, 6.45) is 1.09. The Bertz CT molecular complexity index is 1190. The first kappa shape index (κ1) is 25.9. The third-order valence-corrected chi connectivity index (χ3v) is 5.66. The molecule has 2 amide bonds. The lowest BCUT2D eigenvalue weighted by atomic mass is 9.97. The summed E-state index contributed by atoms with van der Waals surface area (Å²) >= 11 is 0. The van der Waals surface area contributed by atoms with Crippen LogP contribution in [0.3, 0.4) is 0 Å². The molecule has 188 valence electrons. The number of nitrogens with zero attached hydrogens (tertiary/aromatic N) is 5. The lowest BCUT2D eigenvalue weighted by molar-refractivity contribution is -0.384. The Balaban J connectivity index is 1.82. The lowest BCUT2D eigenvalue weighted by Gasteiger charge is -2.35. The Labute approximate surface area is 203 Å². The van der Waals surface area contributed by atoms with Gasteiger partial charge in [0.1, 0.15) is 11.3 Å². The van der Waals surface area contributed by atoms with Crippen LogP contribution in [0.4, 0.5) is 10.5 Å². The number of ether oxygens (including phenoxy) is 1. The number of rotatable bonds is 5. The molecule has 1 unspecified atom stereocenters. The van der Waals surface area contributed by atoms with Crippen LogP contribution >= 0.6 is 0 Å². The number of aryl methyl sites for hydroxylation is 1. The summed E-state index contributed by atoms with van der Waals surface area (Å²) in [6.45, 7) is 8.20. The fraction of sp³-hybridized carbons (Fsp3) is 0.500. The predicted molar refractivity (Wildman–Crippen MR) is 129 cm³/mol. The third-order valence-electron chi connectivity index (χ3n) is 5.66. The van der Waals surface area contributed by atoms with E-state index in [-0.39, 0.29) is 23.0 Å². The number of nitro groups is 1. The van der Waals surface area contributed by atoms with E-state index in [1.54, 1.807) is 45.7 Å². The second-order valence-corrected chi connectivity index (χ2v) is 9.78. The molecule has 1 fully saturated rings. The molecule has 1 atom stereocenters. The smallest absolute Gasteiger partial charge is 0.410 e. The molecular formula is C24H31N5O6. The van der Waals surface area contributed by atoms with Crippen molar-refractivity contribution in [1.29, 1.82) is 0 Å². The molecule has 1 aromatic heterocycles. The highest BCUT2D eigenvalue weighted by Crippen LogP contribution is 2.23. The average Bonchev–Trinajstić information content (AvgIpc) is 2.78. The molecule has 0 bridgehead atoms. The van der Waals surface area contributed by atoms with E-state index in [1.807, 2.05) is 0 Å². The van der Waals surface area contributed by atoms with Crippen LogP contribution in [0.25, 0.3) is 5.69 Å². The zero-order chi connectivity index (χ0) is 25.9. The zero-order valence-corrected chi connectivity index (χ0v) is 20.7. The van der Waals surface area contributed by atoms with Gasteiger partial charge in [0.2, 0.25) is 5.43 Å². The summed E-state index contributed by atoms with van der Waals surface area (Å²) in [5.41, 5.74) is -1.10. The summed E-state index contributed by atoms with van der Waals surface area (Å²) in [4.78, 5) is 52.3. The second kappa shape index (κ2) is 10.2. The van der Waals surface area contributed by atoms with Crippen molar-refractivity contribution in [2.45, 2.75) is 46.1 Å². The Morgan fingerprint density at radius 1 is 1.29 bits per heavy atom. The molecule has 1 aromatic carbocycles. The molecule has 0 radical (unpaired) electrons. The van der Waals surface area contributed by atoms with Gasteiger partial charge in [0.25, 0.3) is 11.6 Å². The molecule has 3 rings (SSSR count). The molecular weight excluding hydrogens is 454 g/mol. The summed E-state index contributed by atoms with van der Waals surface area (Å²) in [5.74, 6) is -0.528. The normalized spacial score (nSPS) is 16.0. The third kappa shape index (κ3) is 6.23. The van der Waals surface area contributed by atoms with Gasteiger partial charge in [-0.25, -0.2) is 9.48 Å². The van der Waals surface area contributed by atoms with Gasteiger partial charge >= 0.3 is 6.09 Å². The molecule has 2 aromatic rings. The molecule has 0 aliphatic carbocycles. The van der Waals surface area contributed by atoms with Gasteiger partial charge in [0, 0.05) is 44.5 Å². The van der Waals surface area contributed by atoms with E-state index < -0.39 is 28.0 Å². The Morgan fingerprint density at radius 2 is 1.97 bits per heavy atom. The number of benzene rings is 1. The van der Waals surface area contributed by atoms with E-state index in [1.165, 1.54) is 33.8 Å². The molecule has 1 aliphatic rings. The number of aromatic nitrogens is 2. The number of amides is 2.